The maximum atomic E-state index is 11.0. The fourth-order valence-electron chi connectivity index (χ4n) is 1.59. The van der Waals surface area contributed by atoms with E-state index in [2.05, 4.69) is 25.6 Å². The molecule has 2 rings (SSSR count). The van der Waals surface area contributed by atoms with Gasteiger partial charge in [0.2, 0.25) is 11.6 Å². The fraction of sp³-hybridized carbons (Fsp3) is 0.300. The Morgan fingerprint density at radius 3 is 2.84 bits per heavy atom. The van der Waals surface area contributed by atoms with E-state index in [4.69, 9.17) is 0 Å². The van der Waals surface area contributed by atoms with Crippen LogP contribution in [0.5, 0.6) is 0 Å². The molecule has 9 heteroatoms. The number of hydrogen-bond acceptors (Lipinski definition) is 7. The van der Waals surface area contributed by atoms with Crippen molar-refractivity contribution in [2.24, 2.45) is 0 Å². The van der Waals surface area contributed by atoms with Crippen molar-refractivity contribution in [2.45, 2.75) is 6.54 Å². The third-order valence-electron chi connectivity index (χ3n) is 2.46. The molecular formula is C10H13N7O2. The summed E-state index contributed by atoms with van der Waals surface area (Å²) in [5, 5.41) is 16.6. The molecule has 2 heterocycles. The van der Waals surface area contributed by atoms with Crippen LogP contribution in [0.4, 0.5) is 17.3 Å². The Hall–Kier alpha value is -2.71. The molecule has 0 aliphatic heterocycles. The largest absolute Gasteiger partial charge is 0.367 e. The number of anilines is 2. The number of imidazole rings is 1. The van der Waals surface area contributed by atoms with E-state index in [9.17, 15) is 10.1 Å². The summed E-state index contributed by atoms with van der Waals surface area (Å²) in [6.07, 6.45) is 6.44. The van der Waals surface area contributed by atoms with Crippen molar-refractivity contribution in [3.8, 4) is 0 Å². The highest BCUT2D eigenvalue weighted by atomic mass is 16.6. The number of nitrogens with zero attached hydrogens (tertiary/aromatic N) is 5. The molecule has 0 aliphatic carbocycles. The zero-order chi connectivity index (χ0) is 13.7. The first-order valence-electron chi connectivity index (χ1n) is 5.59. The van der Waals surface area contributed by atoms with Gasteiger partial charge >= 0.3 is 5.69 Å². The molecule has 0 saturated carbocycles. The molecule has 2 aromatic rings. The van der Waals surface area contributed by atoms with E-state index in [0.717, 1.165) is 0 Å². The molecule has 19 heavy (non-hydrogen) atoms. The van der Waals surface area contributed by atoms with Gasteiger partial charge in [-0.1, -0.05) is 0 Å². The van der Waals surface area contributed by atoms with Crippen LogP contribution in [0.25, 0.3) is 0 Å². The Labute approximate surface area is 108 Å². The predicted molar refractivity (Wildman–Crippen MR) is 68.9 cm³/mol. The summed E-state index contributed by atoms with van der Waals surface area (Å²) in [5.41, 5.74) is -0.157. The molecule has 0 radical (unpaired) electrons. The van der Waals surface area contributed by atoms with Crippen molar-refractivity contribution in [2.75, 3.05) is 24.2 Å². The average molecular weight is 263 g/mol. The van der Waals surface area contributed by atoms with E-state index in [1.54, 1.807) is 19.6 Å². The van der Waals surface area contributed by atoms with Crippen LogP contribution in [0, 0.1) is 10.1 Å². The maximum Gasteiger partial charge on any atom is 0.353 e. The summed E-state index contributed by atoms with van der Waals surface area (Å²) in [6.45, 7) is 1.13. The average Bonchev–Trinajstić information content (AvgIpc) is 2.91. The number of rotatable bonds is 6. The van der Waals surface area contributed by atoms with Gasteiger partial charge in [-0.05, 0) is 0 Å². The molecular weight excluding hydrogens is 250 g/mol. The van der Waals surface area contributed by atoms with Gasteiger partial charge < -0.3 is 15.2 Å². The Balaban J connectivity index is 2.09. The molecule has 0 atom stereocenters. The highest BCUT2D eigenvalue weighted by Gasteiger charge is 2.21. The third kappa shape index (κ3) is 2.94. The lowest BCUT2D eigenvalue weighted by molar-refractivity contribution is -0.383. The standard InChI is InChI=1S/C10H13N7O2/c1-11-9-8(17(18)19)10(15-6-14-9)13-3-5-16-4-2-12-7-16/h2,4,6-7H,3,5H2,1H3,(H2,11,13,14,15). The van der Waals surface area contributed by atoms with E-state index in [1.165, 1.54) is 6.33 Å². The molecule has 0 spiro atoms. The highest BCUT2D eigenvalue weighted by molar-refractivity contribution is 5.68. The minimum atomic E-state index is -0.509. The lowest BCUT2D eigenvalue weighted by Gasteiger charge is -2.08. The second-order valence-corrected chi connectivity index (χ2v) is 3.65. The topological polar surface area (TPSA) is 111 Å². The first-order valence-corrected chi connectivity index (χ1v) is 5.59. The van der Waals surface area contributed by atoms with Crippen molar-refractivity contribution in [3.05, 3.63) is 35.2 Å². The highest BCUT2D eigenvalue weighted by Crippen LogP contribution is 2.27. The lowest BCUT2D eigenvalue weighted by Crippen LogP contribution is -2.13. The molecule has 0 amide bonds. The molecule has 9 nitrogen and oxygen atoms in total. The van der Waals surface area contributed by atoms with Crippen LogP contribution in [-0.4, -0.2) is 38.0 Å². The SMILES string of the molecule is CNc1ncnc(NCCn2ccnc2)c1[N+](=O)[O-]. The predicted octanol–water partition coefficient (Wildman–Crippen LogP) is 0.735. The second-order valence-electron chi connectivity index (χ2n) is 3.65. The van der Waals surface area contributed by atoms with Crippen LogP contribution in [0.3, 0.4) is 0 Å². The monoisotopic (exact) mass is 263 g/mol. The summed E-state index contributed by atoms with van der Waals surface area (Å²) in [5.74, 6) is 0.384. The van der Waals surface area contributed by atoms with Gasteiger partial charge in [0.1, 0.15) is 6.33 Å². The van der Waals surface area contributed by atoms with Crippen LogP contribution in [0.15, 0.2) is 25.0 Å². The van der Waals surface area contributed by atoms with Crippen molar-refractivity contribution >= 4 is 17.3 Å². The molecule has 0 saturated heterocycles. The maximum absolute atomic E-state index is 11.0. The van der Waals surface area contributed by atoms with Crippen LogP contribution in [0.1, 0.15) is 0 Å². The van der Waals surface area contributed by atoms with Gasteiger partial charge in [0.15, 0.2) is 0 Å². The normalized spacial score (nSPS) is 10.2. The van der Waals surface area contributed by atoms with Crippen molar-refractivity contribution < 1.29 is 4.92 Å². The quantitative estimate of drug-likeness (QED) is 0.583. The molecule has 0 aliphatic rings. The van der Waals surface area contributed by atoms with E-state index in [-0.39, 0.29) is 17.3 Å². The van der Waals surface area contributed by atoms with Crippen LogP contribution >= 0.6 is 0 Å². The van der Waals surface area contributed by atoms with Crippen LogP contribution in [-0.2, 0) is 6.54 Å². The number of aromatic nitrogens is 4. The summed E-state index contributed by atoms with van der Waals surface area (Å²) in [7, 11) is 1.57. The van der Waals surface area contributed by atoms with E-state index in [1.807, 2.05) is 10.8 Å². The molecule has 0 aromatic carbocycles. The van der Waals surface area contributed by atoms with Crippen LogP contribution < -0.4 is 10.6 Å². The lowest BCUT2D eigenvalue weighted by atomic mass is 10.4. The summed E-state index contributed by atoms with van der Waals surface area (Å²) in [4.78, 5) is 22.1. The minimum Gasteiger partial charge on any atom is -0.367 e. The molecule has 2 aromatic heterocycles. The van der Waals surface area contributed by atoms with E-state index < -0.39 is 4.92 Å². The number of nitrogens with one attached hydrogen (secondary N) is 2. The Morgan fingerprint density at radius 2 is 2.21 bits per heavy atom. The van der Waals surface area contributed by atoms with Gasteiger partial charge in [0, 0.05) is 32.5 Å². The Morgan fingerprint density at radius 1 is 1.42 bits per heavy atom. The molecule has 0 fully saturated rings. The smallest absolute Gasteiger partial charge is 0.353 e. The van der Waals surface area contributed by atoms with Gasteiger partial charge in [-0.2, -0.15) is 0 Å². The molecule has 2 N–H and O–H groups in total. The summed E-state index contributed by atoms with van der Waals surface area (Å²) in [6, 6.07) is 0. The van der Waals surface area contributed by atoms with Crippen molar-refractivity contribution in [1.29, 1.82) is 0 Å². The number of nitro groups is 1. The number of hydrogen-bond donors (Lipinski definition) is 2. The van der Waals surface area contributed by atoms with Crippen molar-refractivity contribution in [1.82, 2.24) is 19.5 Å². The first-order chi connectivity index (χ1) is 9.22. The van der Waals surface area contributed by atoms with Gasteiger partial charge in [-0.15, -0.1) is 0 Å². The summed E-state index contributed by atoms with van der Waals surface area (Å²) >= 11 is 0. The molecule has 100 valence electrons. The van der Waals surface area contributed by atoms with E-state index >= 15 is 0 Å². The Kier molecular flexibility index (Phi) is 3.86. The minimum absolute atomic E-state index is 0.157. The molecule has 0 unspecified atom stereocenters. The Bertz CT molecular complexity index is 555. The first kappa shape index (κ1) is 12.7. The fourth-order valence-corrected chi connectivity index (χ4v) is 1.59. The molecule has 0 bridgehead atoms. The van der Waals surface area contributed by atoms with Crippen LogP contribution in [0.2, 0.25) is 0 Å². The van der Waals surface area contributed by atoms with Crippen molar-refractivity contribution in [3.63, 3.8) is 0 Å². The second kappa shape index (κ2) is 5.76. The zero-order valence-corrected chi connectivity index (χ0v) is 10.3. The van der Waals surface area contributed by atoms with Gasteiger partial charge in [0.25, 0.3) is 0 Å². The third-order valence-corrected chi connectivity index (χ3v) is 2.46. The van der Waals surface area contributed by atoms with Gasteiger partial charge in [-0.25, -0.2) is 15.0 Å². The summed E-state index contributed by atoms with van der Waals surface area (Å²) < 4.78 is 1.86. The van der Waals surface area contributed by atoms with E-state index in [0.29, 0.717) is 13.1 Å². The van der Waals surface area contributed by atoms with Gasteiger partial charge in [-0.3, -0.25) is 10.1 Å². The zero-order valence-electron chi connectivity index (χ0n) is 10.3. The van der Waals surface area contributed by atoms with Gasteiger partial charge in [0.05, 0.1) is 11.3 Å².